The number of nitrogens with zero attached hydrogens (tertiary/aromatic N) is 3. The summed E-state index contributed by atoms with van der Waals surface area (Å²) in [6.07, 6.45) is 0. The van der Waals surface area contributed by atoms with Gasteiger partial charge in [0, 0.05) is 25.7 Å². The average molecular weight is 464 g/mol. The SMILES string of the molecule is CCNC(=NCc1cc(C(C)C)no1)N1CC(C)C(C(=O)OC)C1.I. The second kappa shape index (κ2) is 9.98. The molecule has 1 fully saturated rings. The van der Waals surface area contributed by atoms with Gasteiger partial charge in [-0.3, -0.25) is 4.79 Å². The van der Waals surface area contributed by atoms with Gasteiger partial charge in [-0.2, -0.15) is 0 Å². The molecule has 2 unspecified atom stereocenters. The highest BCUT2D eigenvalue weighted by Gasteiger charge is 2.36. The van der Waals surface area contributed by atoms with E-state index in [9.17, 15) is 4.79 Å². The molecule has 8 heteroatoms. The third kappa shape index (κ3) is 5.58. The van der Waals surface area contributed by atoms with E-state index >= 15 is 0 Å². The molecule has 1 aromatic rings. The van der Waals surface area contributed by atoms with Gasteiger partial charge in [0.15, 0.2) is 11.7 Å². The van der Waals surface area contributed by atoms with Crippen molar-refractivity contribution < 1.29 is 14.1 Å². The van der Waals surface area contributed by atoms with Crippen LogP contribution in [0.5, 0.6) is 0 Å². The summed E-state index contributed by atoms with van der Waals surface area (Å²) in [4.78, 5) is 18.6. The van der Waals surface area contributed by atoms with E-state index in [1.165, 1.54) is 7.11 Å². The molecule has 2 atom stereocenters. The van der Waals surface area contributed by atoms with Crippen molar-refractivity contribution in [2.24, 2.45) is 16.8 Å². The molecule has 142 valence electrons. The molecule has 0 saturated carbocycles. The summed E-state index contributed by atoms with van der Waals surface area (Å²) in [5.41, 5.74) is 0.936. The van der Waals surface area contributed by atoms with Gasteiger partial charge >= 0.3 is 5.97 Å². The van der Waals surface area contributed by atoms with Crippen molar-refractivity contribution in [3.63, 3.8) is 0 Å². The van der Waals surface area contributed by atoms with Crippen molar-refractivity contribution in [2.45, 2.75) is 40.2 Å². The number of likely N-dealkylation sites (tertiary alicyclic amines) is 1. The Hall–Kier alpha value is -1.32. The first-order valence-corrected chi connectivity index (χ1v) is 8.52. The molecule has 1 N–H and O–H groups in total. The second-order valence-electron chi connectivity index (χ2n) is 6.55. The maximum absolute atomic E-state index is 11.9. The Labute approximate surface area is 166 Å². The van der Waals surface area contributed by atoms with Crippen LogP contribution >= 0.6 is 24.0 Å². The minimum absolute atomic E-state index is 0. The second-order valence-corrected chi connectivity index (χ2v) is 6.55. The highest BCUT2D eigenvalue weighted by molar-refractivity contribution is 14.0. The predicted octanol–water partition coefficient (Wildman–Crippen LogP) is 2.62. The highest BCUT2D eigenvalue weighted by Crippen LogP contribution is 2.24. The highest BCUT2D eigenvalue weighted by atomic mass is 127. The van der Waals surface area contributed by atoms with E-state index in [1.807, 2.05) is 13.0 Å². The molecule has 1 saturated heterocycles. The fourth-order valence-electron chi connectivity index (χ4n) is 2.85. The Morgan fingerprint density at radius 1 is 1.52 bits per heavy atom. The number of methoxy groups -OCH3 is 1. The number of nitrogens with one attached hydrogen (secondary N) is 1. The lowest BCUT2D eigenvalue weighted by molar-refractivity contribution is -0.145. The smallest absolute Gasteiger partial charge is 0.310 e. The normalized spacial score (nSPS) is 20.6. The quantitative estimate of drug-likeness (QED) is 0.313. The molecule has 1 aliphatic rings. The van der Waals surface area contributed by atoms with E-state index in [1.54, 1.807) is 0 Å². The van der Waals surface area contributed by atoms with Crippen LogP contribution in [0.1, 0.15) is 45.1 Å². The molecule has 0 aromatic carbocycles. The average Bonchev–Trinajstić information content (AvgIpc) is 3.17. The van der Waals surface area contributed by atoms with Gasteiger partial charge in [0.05, 0.1) is 18.7 Å². The predicted molar refractivity (Wildman–Crippen MR) is 107 cm³/mol. The Morgan fingerprint density at radius 2 is 2.24 bits per heavy atom. The molecule has 1 aromatic heterocycles. The minimum Gasteiger partial charge on any atom is -0.469 e. The molecular weight excluding hydrogens is 435 g/mol. The fourth-order valence-corrected chi connectivity index (χ4v) is 2.85. The summed E-state index contributed by atoms with van der Waals surface area (Å²) >= 11 is 0. The zero-order chi connectivity index (χ0) is 17.7. The molecule has 1 aliphatic heterocycles. The van der Waals surface area contributed by atoms with E-state index in [0.29, 0.717) is 19.0 Å². The summed E-state index contributed by atoms with van der Waals surface area (Å²) in [6.45, 7) is 10.8. The molecular formula is C17H29IN4O3. The van der Waals surface area contributed by atoms with Gasteiger partial charge in [-0.1, -0.05) is 25.9 Å². The van der Waals surface area contributed by atoms with Gasteiger partial charge in [-0.15, -0.1) is 24.0 Å². The maximum Gasteiger partial charge on any atom is 0.310 e. The Bertz CT molecular complexity index is 588. The molecule has 7 nitrogen and oxygen atoms in total. The van der Waals surface area contributed by atoms with Gasteiger partial charge in [-0.25, -0.2) is 4.99 Å². The van der Waals surface area contributed by atoms with Gasteiger partial charge in [0.1, 0.15) is 6.54 Å². The number of halogens is 1. The van der Waals surface area contributed by atoms with Crippen molar-refractivity contribution >= 4 is 35.9 Å². The number of carbonyl (C=O) groups is 1. The van der Waals surface area contributed by atoms with Gasteiger partial charge in [0.25, 0.3) is 0 Å². The van der Waals surface area contributed by atoms with E-state index < -0.39 is 0 Å². The van der Waals surface area contributed by atoms with Crippen LogP contribution in [0.2, 0.25) is 0 Å². The van der Waals surface area contributed by atoms with Gasteiger partial charge in [0.2, 0.25) is 0 Å². The molecule has 0 spiro atoms. The third-order valence-corrected chi connectivity index (χ3v) is 4.30. The molecule has 0 aliphatic carbocycles. The maximum atomic E-state index is 11.9. The van der Waals surface area contributed by atoms with Gasteiger partial charge in [-0.05, 0) is 18.8 Å². The lowest BCUT2D eigenvalue weighted by Gasteiger charge is -2.21. The number of ether oxygens (including phenoxy) is 1. The van der Waals surface area contributed by atoms with E-state index in [4.69, 9.17) is 9.26 Å². The van der Waals surface area contributed by atoms with Crippen molar-refractivity contribution in [3.05, 3.63) is 17.5 Å². The molecule has 2 rings (SSSR count). The van der Waals surface area contributed by atoms with Crippen molar-refractivity contribution in [1.82, 2.24) is 15.4 Å². The Kier molecular flexibility index (Phi) is 8.67. The van der Waals surface area contributed by atoms with Gasteiger partial charge < -0.3 is 19.5 Å². The number of guanidine groups is 1. The first kappa shape index (κ1) is 21.7. The summed E-state index contributed by atoms with van der Waals surface area (Å²) < 4.78 is 10.2. The zero-order valence-electron chi connectivity index (χ0n) is 15.6. The fraction of sp³-hybridized carbons (Fsp3) is 0.706. The van der Waals surface area contributed by atoms with Crippen LogP contribution in [-0.4, -0.2) is 48.7 Å². The molecule has 25 heavy (non-hydrogen) atoms. The zero-order valence-corrected chi connectivity index (χ0v) is 17.9. The van der Waals surface area contributed by atoms with Crippen LogP contribution in [0.4, 0.5) is 0 Å². The molecule has 0 amide bonds. The summed E-state index contributed by atoms with van der Waals surface area (Å²) in [7, 11) is 1.44. The van der Waals surface area contributed by atoms with Crippen molar-refractivity contribution in [2.75, 3.05) is 26.7 Å². The molecule has 0 radical (unpaired) electrons. The van der Waals surface area contributed by atoms with Crippen LogP contribution in [0.3, 0.4) is 0 Å². The van der Waals surface area contributed by atoms with Crippen molar-refractivity contribution in [3.8, 4) is 0 Å². The molecule has 2 heterocycles. The van der Waals surface area contributed by atoms with E-state index in [2.05, 4.69) is 41.1 Å². The summed E-state index contributed by atoms with van der Waals surface area (Å²) in [5, 5.41) is 7.34. The molecule has 0 bridgehead atoms. The number of carbonyl (C=O) groups excluding carboxylic acids is 1. The Balaban J connectivity index is 0.00000312. The van der Waals surface area contributed by atoms with Crippen molar-refractivity contribution in [1.29, 1.82) is 0 Å². The number of hydrogen-bond acceptors (Lipinski definition) is 5. The van der Waals surface area contributed by atoms with E-state index in [-0.39, 0.29) is 41.8 Å². The first-order valence-electron chi connectivity index (χ1n) is 8.52. The monoisotopic (exact) mass is 464 g/mol. The summed E-state index contributed by atoms with van der Waals surface area (Å²) in [5.74, 6) is 1.83. The number of rotatable bonds is 5. The standard InChI is InChI=1S/C17H28N4O3.HI/c1-6-18-17(19-8-13-7-15(11(2)3)20-24-13)21-9-12(4)14(10-21)16(22)23-5;/h7,11-12,14H,6,8-10H2,1-5H3,(H,18,19);1H. The largest absolute Gasteiger partial charge is 0.469 e. The third-order valence-electron chi connectivity index (χ3n) is 4.30. The topological polar surface area (TPSA) is 80.0 Å². The first-order chi connectivity index (χ1) is 11.5. The Morgan fingerprint density at radius 3 is 2.80 bits per heavy atom. The lowest BCUT2D eigenvalue weighted by Crippen LogP contribution is -2.40. The number of esters is 1. The minimum atomic E-state index is -0.155. The van der Waals surface area contributed by atoms with Crippen LogP contribution in [0, 0.1) is 11.8 Å². The number of aromatic nitrogens is 1. The van der Waals surface area contributed by atoms with Crippen LogP contribution < -0.4 is 5.32 Å². The lowest BCUT2D eigenvalue weighted by atomic mass is 9.99. The number of hydrogen-bond donors (Lipinski definition) is 1. The van der Waals surface area contributed by atoms with E-state index in [0.717, 1.165) is 30.5 Å². The summed E-state index contributed by atoms with van der Waals surface area (Å²) in [6, 6.07) is 1.95. The van der Waals surface area contributed by atoms with Crippen LogP contribution in [0.25, 0.3) is 0 Å². The van der Waals surface area contributed by atoms with Crippen LogP contribution in [-0.2, 0) is 16.1 Å². The van der Waals surface area contributed by atoms with Crippen LogP contribution in [0.15, 0.2) is 15.6 Å². The number of aliphatic imine (C=N–C) groups is 1.